The lowest BCUT2D eigenvalue weighted by Gasteiger charge is -2.50. The fraction of sp³-hybridized carbons (Fsp3) is 0.429. The van der Waals surface area contributed by atoms with Crippen molar-refractivity contribution >= 4 is 17.5 Å². The normalized spacial score (nSPS) is 23.1. The molecule has 1 unspecified atom stereocenters. The first-order valence-electron chi connectivity index (χ1n) is 12.6. The van der Waals surface area contributed by atoms with Crippen molar-refractivity contribution in [2.24, 2.45) is 16.9 Å². The van der Waals surface area contributed by atoms with Gasteiger partial charge in [0, 0.05) is 38.3 Å². The van der Waals surface area contributed by atoms with Gasteiger partial charge in [-0.3, -0.25) is 15.2 Å². The third-order valence-corrected chi connectivity index (χ3v) is 7.16. The number of hydrogen-bond donors (Lipinski definition) is 1. The number of amides is 1. The maximum absolute atomic E-state index is 13.3. The maximum atomic E-state index is 13.3. The number of allylic oxidation sites excluding steroid dienone is 1. The van der Waals surface area contributed by atoms with Crippen LogP contribution in [0.5, 0.6) is 0 Å². The summed E-state index contributed by atoms with van der Waals surface area (Å²) in [6.45, 7) is 6.50. The van der Waals surface area contributed by atoms with Crippen molar-refractivity contribution in [3.8, 4) is 0 Å². The van der Waals surface area contributed by atoms with E-state index in [0.717, 1.165) is 55.9 Å². The lowest BCUT2D eigenvalue weighted by Crippen LogP contribution is -2.56. The zero-order chi connectivity index (χ0) is 27.3. The number of nitrogens with one attached hydrogen (secondary N) is 1. The average molecular weight is 533 g/mol. The van der Waals surface area contributed by atoms with Crippen molar-refractivity contribution in [3.63, 3.8) is 0 Å². The van der Waals surface area contributed by atoms with E-state index in [1.807, 2.05) is 12.1 Å². The number of carbonyl (C=O) groups excluding carboxylic acids is 1. The van der Waals surface area contributed by atoms with Crippen LogP contribution >= 0.6 is 0 Å². The van der Waals surface area contributed by atoms with Gasteiger partial charge in [-0.2, -0.15) is 18.3 Å². The Bertz CT molecular complexity index is 1150. The fourth-order valence-electron chi connectivity index (χ4n) is 5.31. The summed E-state index contributed by atoms with van der Waals surface area (Å²) in [5, 5.41) is 9.10. The largest absolute Gasteiger partial charge is 0.448 e. The summed E-state index contributed by atoms with van der Waals surface area (Å²) in [6, 6.07) is 10.8. The first kappa shape index (κ1) is 27.6. The molecule has 3 fully saturated rings. The Balaban J connectivity index is 1.29. The van der Waals surface area contributed by atoms with Gasteiger partial charge >= 0.3 is 12.3 Å². The zero-order valence-corrected chi connectivity index (χ0v) is 21.3. The third-order valence-electron chi connectivity index (χ3n) is 7.16. The lowest BCUT2D eigenvalue weighted by molar-refractivity contribution is -0.137. The van der Waals surface area contributed by atoms with E-state index in [1.54, 1.807) is 18.2 Å². The lowest BCUT2D eigenvalue weighted by atomic mass is 9.75. The highest BCUT2D eigenvalue weighted by molar-refractivity contribution is 6.01. The third kappa shape index (κ3) is 7.12. The molecular weight excluding hydrogens is 500 g/mol. The standard InChI is InChI=1S/C28H32F4N4O2/c1-3-5-26(19-8-10-23(29)11-9-19)34-35(2)16-21-17-36-13-12-20(21)14-25(36)18-38-27(37)33-24-7-4-6-22(15-24)28(30,31)32/h3-4,6-11,15,20-21,25H,1,5,12-14,16-18H2,2H3,(H,33,37)/b34-26+/t20-,21-,25?/m0/s1. The second-order valence-electron chi connectivity index (χ2n) is 9.88. The number of alkyl halides is 3. The Labute approximate surface area is 219 Å². The number of fused-ring (bicyclic) bond motifs is 3. The first-order valence-corrected chi connectivity index (χ1v) is 12.6. The second-order valence-corrected chi connectivity index (χ2v) is 9.88. The number of carbonyl (C=O) groups is 1. The predicted octanol–water partition coefficient (Wildman–Crippen LogP) is 6.02. The minimum absolute atomic E-state index is 0.0374. The molecule has 4 atom stereocenters. The van der Waals surface area contributed by atoms with Crippen LogP contribution in [0.1, 0.15) is 30.4 Å². The van der Waals surface area contributed by atoms with Crippen LogP contribution < -0.4 is 5.32 Å². The molecule has 3 aliphatic rings. The molecule has 5 rings (SSSR count). The molecule has 2 aromatic rings. The molecule has 10 heteroatoms. The van der Waals surface area contributed by atoms with Crippen LogP contribution in [0.2, 0.25) is 0 Å². The second kappa shape index (κ2) is 12.0. The topological polar surface area (TPSA) is 57.2 Å². The van der Waals surface area contributed by atoms with Gasteiger partial charge in [-0.15, -0.1) is 6.58 Å². The number of rotatable bonds is 9. The van der Waals surface area contributed by atoms with Gasteiger partial charge < -0.3 is 4.74 Å². The van der Waals surface area contributed by atoms with Crippen molar-refractivity contribution in [1.29, 1.82) is 0 Å². The number of hydrazone groups is 1. The van der Waals surface area contributed by atoms with Crippen LogP contribution in [0.3, 0.4) is 0 Å². The number of hydrogen-bond acceptors (Lipinski definition) is 5. The van der Waals surface area contributed by atoms with Gasteiger partial charge in [0.25, 0.3) is 0 Å². The molecule has 2 aromatic carbocycles. The van der Waals surface area contributed by atoms with Gasteiger partial charge in [0.05, 0.1) is 11.3 Å². The van der Waals surface area contributed by atoms with Crippen LogP contribution in [-0.2, 0) is 10.9 Å². The molecule has 1 amide bonds. The Hall–Kier alpha value is -3.40. The molecule has 0 saturated carbocycles. The summed E-state index contributed by atoms with van der Waals surface area (Å²) in [4.78, 5) is 14.6. The van der Waals surface area contributed by atoms with Gasteiger partial charge in [0.2, 0.25) is 0 Å². The number of piperidine rings is 3. The summed E-state index contributed by atoms with van der Waals surface area (Å²) < 4.78 is 57.4. The summed E-state index contributed by atoms with van der Waals surface area (Å²) in [6.07, 6.45) is -0.993. The van der Waals surface area contributed by atoms with Gasteiger partial charge in [-0.25, -0.2) is 9.18 Å². The van der Waals surface area contributed by atoms with Crippen LogP contribution in [0.4, 0.5) is 28.0 Å². The first-order chi connectivity index (χ1) is 18.1. The highest BCUT2D eigenvalue weighted by Crippen LogP contribution is 2.37. The number of ether oxygens (including phenoxy) is 1. The minimum Gasteiger partial charge on any atom is -0.448 e. The van der Waals surface area contributed by atoms with E-state index in [1.165, 1.54) is 24.3 Å². The molecule has 3 aliphatic heterocycles. The van der Waals surface area contributed by atoms with Gasteiger partial charge in [0.15, 0.2) is 0 Å². The van der Waals surface area contributed by atoms with Crippen LogP contribution in [-0.4, -0.2) is 61.0 Å². The van der Waals surface area contributed by atoms with Crippen molar-refractivity contribution in [2.75, 3.05) is 38.6 Å². The van der Waals surface area contributed by atoms with Crippen molar-refractivity contribution in [2.45, 2.75) is 31.5 Å². The van der Waals surface area contributed by atoms with E-state index in [4.69, 9.17) is 9.84 Å². The maximum Gasteiger partial charge on any atom is 0.416 e. The molecule has 38 heavy (non-hydrogen) atoms. The van der Waals surface area contributed by atoms with E-state index in [-0.39, 0.29) is 24.2 Å². The monoisotopic (exact) mass is 532 g/mol. The Morgan fingerprint density at radius 2 is 2.03 bits per heavy atom. The van der Waals surface area contributed by atoms with Crippen LogP contribution in [0, 0.1) is 17.7 Å². The van der Waals surface area contributed by atoms with E-state index in [0.29, 0.717) is 18.3 Å². The predicted molar refractivity (Wildman–Crippen MR) is 138 cm³/mol. The molecule has 2 bridgehead atoms. The molecule has 0 aromatic heterocycles. The number of nitrogens with zero attached hydrogens (tertiary/aromatic N) is 3. The molecule has 3 heterocycles. The fourth-order valence-corrected chi connectivity index (χ4v) is 5.31. The van der Waals surface area contributed by atoms with Crippen molar-refractivity contribution in [1.82, 2.24) is 9.91 Å². The summed E-state index contributed by atoms with van der Waals surface area (Å²) >= 11 is 0. The summed E-state index contributed by atoms with van der Waals surface area (Å²) in [5.74, 6) is 0.552. The van der Waals surface area contributed by atoms with Gasteiger partial charge in [-0.05, 0) is 67.1 Å². The SMILES string of the molecule is C=CC/C(=N\N(C)C[C@H]1C[N@]2CC[C@H]1CC2COC(=O)Nc1cccc(C(F)(F)F)c1)c1ccc(F)cc1. The highest BCUT2D eigenvalue weighted by Gasteiger charge is 2.41. The Morgan fingerprint density at radius 1 is 1.26 bits per heavy atom. The number of benzene rings is 2. The molecular formula is C28H32F4N4O2. The van der Waals surface area contributed by atoms with Gasteiger partial charge in [0.1, 0.15) is 12.4 Å². The van der Waals surface area contributed by atoms with Crippen molar-refractivity contribution < 1.29 is 27.1 Å². The van der Waals surface area contributed by atoms with E-state index in [2.05, 4.69) is 16.8 Å². The van der Waals surface area contributed by atoms with Gasteiger partial charge in [-0.1, -0.05) is 24.3 Å². The molecule has 3 saturated heterocycles. The average Bonchev–Trinajstić information content (AvgIpc) is 2.88. The van der Waals surface area contributed by atoms with Crippen LogP contribution in [0.15, 0.2) is 66.3 Å². The van der Waals surface area contributed by atoms with E-state index < -0.39 is 17.8 Å². The smallest absolute Gasteiger partial charge is 0.416 e. The molecule has 204 valence electrons. The number of anilines is 1. The summed E-state index contributed by atoms with van der Waals surface area (Å²) in [7, 11) is 1.93. The van der Waals surface area contributed by atoms with Crippen LogP contribution in [0.25, 0.3) is 0 Å². The molecule has 0 spiro atoms. The van der Waals surface area contributed by atoms with E-state index >= 15 is 0 Å². The highest BCUT2D eigenvalue weighted by atomic mass is 19.4. The minimum atomic E-state index is -4.49. The molecule has 1 N–H and O–H groups in total. The summed E-state index contributed by atoms with van der Waals surface area (Å²) in [5.41, 5.74) is 0.880. The Kier molecular flexibility index (Phi) is 8.71. The quantitative estimate of drug-likeness (QED) is 0.186. The molecule has 6 nitrogen and oxygen atoms in total. The zero-order valence-electron chi connectivity index (χ0n) is 21.3. The molecule has 0 aliphatic carbocycles. The number of halogens is 4. The van der Waals surface area contributed by atoms with Crippen molar-refractivity contribution in [3.05, 3.63) is 78.1 Å². The van der Waals surface area contributed by atoms with E-state index in [9.17, 15) is 22.4 Å². The molecule has 0 radical (unpaired) electrons. The Morgan fingerprint density at radius 3 is 2.68 bits per heavy atom.